The Kier molecular flexibility index (Phi) is 6.47. The van der Waals surface area contributed by atoms with Gasteiger partial charge in [0.1, 0.15) is 0 Å². The molecular formula is C20H28N2. The van der Waals surface area contributed by atoms with Crippen LogP contribution < -0.4 is 5.32 Å². The van der Waals surface area contributed by atoms with Crippen molar-refractivity contribution in [2.24, 2.45) is 0 Å². The fourth-order valence-corrected chi connectivity index (χ4v) is 2.46. The topological polar surface area (TPSA) is 15.3 Å². The van der Waals surface area contributed by atoms with E-state index in [9.17, 15) is 0 Å². The van der Waals surface area contributed by atoms with Crippen molar-refractivity contribution in [1.29, 1.82) is 0 Å². The van der Waals surface area contributed by atoms with Gasteiger partial charge in [-0.2, -0.15) is 0 Å². The first-order valence-electron chi connectivity index (χ1n) is 8.25. The Morgan fingerprint density at radius 1 is 1.32 bits per heavy atom. The van der Waals surface area contributed by atoms with E-state index in [2.05, 4.69) is 54.6 Å². The molecule has 0 spiro atoms. The molecule has 1 saturated carbocycles. The zero-order valence-electron chi connectivity index (χ0n) is 13.7. The van der Waals surface area contributed by atoms with Gasteiger partial charge in [0, 0.05) is 19.6 Å². The molecule has 1 aliphatic rings. The summed E-state index contributed by atoms with van der Waals surface area (Å²) >= 11 is 0. The van der Waals surface area contributed by atoms with E-state index in [0.717, 1.165) is 37.7 Å². The highest BCUT2D eigenvalue weighted by atomic mass is 15.1. The highest BCUT2D eigenvalue weighted by Gasteiger charge is 2.22. The predicted octanol–water partition coefficient (Wildman–Crippen LogP) is 4.23. The molecule has 118 valence electrons. The van der Waals surface area contributed by atoms with Crippen LogP contribution in [-0.4, -0.2) is 24.5 Å². The molecule has 0 bridgehead atoms. The van der Waals surface area contributed by atoms with Crippen molar-refractivity contribution in [3.8, 4) is 0 Å². The standard InChI is InChI=1S/C20H28N2/c1-4-17(3)12-13-21-14-15-22(5-2)16-18-6-8-19(9-7-18)20-10-11-20/h4,6-9,12-13,20-21H,1,3,5,10-11,14-16H2,2H3/b13-12-. The lowest BCUT2D eigenvalue weighted by Crippen LogP contribution is -2.30. The smallest absolute Gasteiger partial charge is 0.0269 e. The zero-order chi connectivity index (χ0) is 15.8. The summed E-state index contributed by atoms with van der Waals surface area (Å²) in [6.45, 7) is 13.8. The Balaban J connectivity index is 1.72. The first-order valence-corrected chi connectivity index (χ1v) is 8.25. The highest BCUT2D eigenvalue weighted by Crippen LogP contribution is 2.39. The molecular weight excluding hydrogens is 268 g/mol. The summed E-state index contributed by atoms with van der Waals surface area (Å²) in [6.07, 6.45) is 8.39. The normalized spacial score (nSPS) is 14.5. The van der Waals surface area contributed by atoms with Gasteiger partial charge in [-0.1, -0.05) is 50.4 Å². The van der Waals surface area contributed by atoms with Gasteiger partial charge in [-0.3, -0.25) is 4.90 Å². The molecule has 0 aromatic heterocycles. The van der Waals surface area contributed by atoms with Gasteiger partial charge in [0.05, 0.1) is 0 Å². The maximum absolute atomic E-state index is 3.85. The third kappa shape index (κ3) is 5.53. The first kappa shape index (κ1) is 16.6. The van der Waals surface area contributed by atoms with E-state index in [1.165, 1.54) is 24.0 Å². The SMILES string of the molecule is C=CC(=C)/C=C\NCCN(CC)Cc1ccc(C2CC2)cc1. The van der Waals surface area contributed by atoms with Crippen molar-refractivity contribution in [2.45, 2.75) is 32.2 Å². The molecule has 1 fully saturated rings. The van der Waals surface area contributed by atoms with E-state index < -0.39 is 0 Å². The molecule has 2 heteroatoms. The summed E-state index contributed by atoms with van der Waals surface area (Å²) in [5.41, 5.74) is 3.85. The molecule has 0 saturated heterocycles. The summed E-state index contributed by atoms with van der Waals surface area (Å²) in [7, 11) is 0. The van der Waals surface area contributed by atoms with E-state index in [0.29, 0.717) is 0 Å². The van der Waals surface area contributed by atoms with Gasteiger partial charge in [-0.25, -0.2) is 0 Å². The molecule has 1 aromatic rings. The minimum absolute atomic E-state index is 0.845. The molecule has 2 nitrogen and oxygen atoms in total. The molecule has 2 rings (SSSR count). The quantitative estimate of drug-likeness (QED) is 0.513. The van der Waals surface area contributed by atoms with Gasteiger partial charge in [-0.05, 0) is 54.3 Å². The van der Waals surface area contributed by atoms with Gasteiger partial charge >= 0.3 is 0 Å². The van der Waals surface area contributed by atoms with Crippen LogP contribution in [0.5, 0.6) is 0 Å². The summed E-state index contributed by atoms with van der Waals surface area (Å²) in [5.74, 6) is 0.845. The molecule has 0 atom stereocenters. The largest absolute Gasteiger partial charge is 0.390 e. The number of nitrogens with one attached hydrogen (secondary N) is 1. The summed E-state index contributed by atoms with van der Waals surface area (Å²) in [6, 6.07) is 9.20. The lowest BCUT2D eigenvalue weighted by molar-refractivity contribution is 0.283. The second kappa shape index (κ2) is 8.60. The Morgan fingerprint density at radius 2 is 2.05 bits per heavy atom. The van der Waals surface area contributed by atoms with Gasteiger partial charge in [0.15, 0.2) is 0 Å². The Labute approximate surface area is 135 Å². The molecule has 0 unspecified atom stereocenters. The van der Waals surface area contributed by atoms with Gasteiger partial charge in [0.2, 0.25) is 0 Å². The van der Waals surface area contributed by atoms with Crippen LogP contribution >= 0.6 is 0 Å². The third-order valence-electron chi connectivity index (χ3n) is 4.13. The number of hydrogen-bond donors (Lipinski definition) is 1. The summed E-state index contributed by atoms with van der Waals surface area (Å²) in [5, 5.41) is 3.30. The number of allylic oxidation sites excluding steroid dienone is 3. The minimum atomic E-state index is 0.845. The molecule has 1 N–H and O–H groups in total. The average Bonchev–Trinajstić information content (AvgIpc) is 3.38. The monoisotopic (exact) mass is 296 g/mol. The molecule has 0 radical (unpaired) electrons. The van der Waals surface area contributed by atoms with Crippen LogP contribution in [0.4, 0.5) is 0 Å². The fraction of sp³-hybridized carbons (Fsp3) is 0.400. The van der Waals surface area contributed by atoms with E-state index >= 15 is 0 Å². The van der Waals surface area contributed by atoms with Crippen LogP contribution in [0, 0.1) is 0 Å². The number of hydrogen-bond acceptors (Lipinski definition) is 2. The van der Waals surface area contributed by atoms with Crippen LogP contribution in [-0.2, 0) is 6.54 Å². The minimum Gasteiger partial charge on any atom is -0.390 e. The summed E-state index contributed by atoms with van der Waals surface area (Å²) in [4.78, 5) is 2.45. The third-order valence-corrected chi connectivity index (χ3v) is 4.13. The molecule has 0 amide bonds. The van der Waals surface area contributed by atoms with Crippen molar-refractivity contribution in [3.05, 3.63) is 72.5 Å². The van der Waals surface area contributed by atoms with Crippen molar-refractivity contribution in [2.75, 3.05) is 19.6 Å². The fourth-order valence-electron chi connectivity index (χ4n) is 2.46. The van der Waals surface area contributed by atoms with Crippen LogP contribution in [0.25, 0.3) is 0 Å². The zero-order valence-corrected chi connectivity index (χ0v) is 13.7. The van der Waals surface area contributed by atoms with Crippen molar-refractivity contribution in [3.63, 3.8) is 0 Å². The highest BCUT2D eigenvalue weighted by molar-refractivity contribution is 5.28. The van der Waals surface area contributed by atoms with Gasteiger partial charge in [0.25, 0.3) is 0 Å². The average molecular weight is 296 g/mol. The Bertz CT molecular complexity index is 509. The Morgan fingerprint density at radius 3 is 2.64 bits per heavy atom. The van der Waals surface area contributed by atoms with Gasteiger partial charge < -0.3 is 5.32 Å². The van der Waals surface area contributed by atoms with Crippen LogP contribution in [0.15, 0.2) is 61.3 Å². The van der Waals surface area contributed by atoms with Crippen LogP contribution in [0.2, 0.25) is 0 Å². The second-order valence-electron chi connectivity index (χ2n) is 5.95. The van der Waals surface area contributed by atoms with Crippen LogP contribution in [0.3, 0.4) is 0 Å². The number of rotatable bonds is 10. The predicted molar refractivity (Wildman–Crippen MR) is 95.8 cm³/mol. The van der Waals surface area contributed by atoms with E-state index in [-0.39, 0.29) is 0 Å². The Hall–Kier alpha value is -1.80. The van der Waals surface area contributed by atoms with Crippen LogP contribution in [0.1, 0.15) is 36.8 Å². The maximum Gasteiger partial charge on any atom is 0.0269 e. The molecule has 1 aromatic carbocycles. The lowest BCUT2D eigenvalue weighted by atomic mass is 10.1. The molecule has 0 heterocycles. The molecule has 0 aliphatic heterocycles. The molecule has 1 aliphatic carbocycles. The number of nitrogens with zero attached hydrogens (tertiary/aromatic N) is 1. The number of likely N-dealkylation sites (N-methyl/N-ethyl adjacent to an activating group) is 1. The molecule has 22 heavy (non-hydrogen) atoms. The van der Waals surface area contributed by atoms with Crippen molar-refractivity contribution >= 4 is 0 Å². The first-order chi connectivity index (χ1) is 10.7. The lowest BCUT2D eigenvalue weighted by Gasteiger charge is -2.20. The summed E-state index contributed by atoms with van der Waals surface area (Å²) < 4.78 is 0. The maximum atomic E-state index is 3.85. The van der Waals surface area contributed by atoms with Gasteiger partial charge in [-0.15, -0.1) is 0 Å². The van der Waals surface area contributed by atoms with E-state index in [1.54, 1.807) is 6.08 Å². The van der Waals surface area contributed by atoms with Crippen molar-refractivity contribution in [1.82, 2.24) is 10.2 Å². The number of benzene rings is 1. The van der Waals surface area contributed by atoms with E-state index in [1.807, 2.05) is 12.3 Å². The van der Waals surface area contributed by atoms with Crippen molar-refractivity contribution < 1.29 is 0 Å². The van der Waals surface area contributed by atoms with E-state index in [4.69, 9.17) is 0 Å². The second-order valence-corrected chi connectivity index (χ2v) is 5.95.